The number of nitrogens with zero attached hydrogens (tertiary/aromatic N) is 4. The number of unbranched alkanes of at least 4 members (excludes halogenated alkanes) is 1. The summed E-state index contributed by atoms with van der Waals surface area (Å²) in [5.41, 5.74) is 1.03. The summed E-state index contributed by atoms with van der Waals surface area (Å²) < 4.78 is 18.1. The predicted octanol–water partition coefficient (Wildman–Crippen LogP) is 4.19. The maximum absolute atomic E-state index is 14.4. The van der Waals surface area contributed by atoms with E-state index >= 15 is 0 Å². The third-order valence-corrected chi connectivity index (χ3v) is 7.08. The van der Waals surface area contributed by atoms with E-state index in [9.17, 15) is 14.7 Å². The van der Waals surface area contributed by atoms with Crippen LogP contribution in [-0.4, -0.2) is 101 Å². The molecular formula is C30H48N4O6. The Morgan fingerprint density at radius 3 is 2.50 bits per heavy atom. The largest absolute Gasteiger partial charge is 0.444 e. The van der Waals surface area contributed by atoms with E-state index in [-0.39, 0.29) is 30.4 Å². The van der Waals surface area contributed by atoms with Crippen LogP contribution in [0.15, 0.2) is 24.3 Å². The third-order valence-electron chi connectivity index (χ3n) is 7.08. The molecule has 10 nitrogen and oxygen atoms in total. The Morgan fingerprint density at radius 1 is 1.12 bits per heavy atom. The average molecular weight is 561 g/mol. The van der Waals surface area contributed by atoms with Gasteiger partial charge in [0.2, 0.25) is 0 Å². The van der Waals surface area contributed by atoms with E-state index in [1.54, 1.807) is 19.1 Å². The normalized spacial score (nSPS) is 18.8. The number of piperidine rings is 1. The molecule has 0 radical (unpaired) electrons. The number of hydrogen-bond acceptors (Lipinski definition) is 7. The van der Waals surface area contributed by atoms with Gasteiger partial charge in [0, 0.05) is 52.9 Å². The van der Waals surface area contributed by atoms with Crippen LogP contribution in [0.3, 0.4) is 0 Å². The van der Waals surface area contributed by atoms with E-state index in [1.165, 1.54) is 0 Å². The van der Waals surface area contributed by atoms with Crippen LogP contribution in [0, 0.1) is 11.8 Å². The first kappa shape index (κ1) is 31.8. The smallest absolute Gasteiger partial charge is 0.410 e. The van der Waals surface area contributed by atoms with E-state index in [0.717, 1.165) is 23.9 Å². The van der Waals surface area contributed by atoms with Gasteiger partial charge in [0.15, 0.2) is 5.82 Å². The Labute approximate surface area is 238 Å². The minimum atomic E-state index is -0.779. The number of amides is 2. The molecular weight excluding hydrogens is 512 g/mol. The number of aliphatic hydroxyl groups is 1. The number of carbonyl (C=O) groups is 2. The predicted molar refractivity (Wildman–Crippen MR) is 154 cm³/mol. The van der Waals surface area contributed by atoms with Crippen molar-refractivity contribution < 1.29 is 28.9 Å². The highest BCUT2D eigenvalue weighted by molar-refractivity contribution is 5.95. The number of aryl methyl sites for hydroxylation is 1. The van der Waals surface area contributed by atoms with Gasteiger partial charge in [-0.3, -0.25) is 4.79 Å². The number of ether oxygens (including phenoxy) is 3. The Morgan fingerprint density at radius 2 is 1.85 bits per heavy atom. The standard InChI is InChI=1S/C30H48N4O6/c1-21(2)17-34(23-16-22(26(35)20-39-7)18-32(19-23)29(37)40-30(3,4)5)28(36)27-31-24-12-8-9-13-25(24)33(27)14-10-11-15-38-6/h8-9,12-13,21-23,26,35H,10-11,14-20H2,1-7H3/t22-,23+,26?/m1/s1. The lowest BCUT2D eigenvalue weighted by molar-refractivity contribution is -0.0348. The molecule has 224 valence electrons. The summed E-state index contributed by atoms with van der Waals surface area (Å²) in [6.45, 7) is 12.2. The highest BCUT2D eigenvalue weighted by atomic mass is 16.6. The zero-order valence-electron chi connectivity index (χ0n) is 25.3. The number of imidazole rings is 1. The summed E-state index contributed by atoms with van der Waals surface area (Å²) >= 11 is 0. The van der Waals surface area contributed by atoms with Crippen LogP contribution in [0.1, 0.15) is 64.5 Å². The molecule has 1 fully saturated rings. The molecule has 1 aromatic heterocycles. The summed E-state index contributed by atoms with van der Waals surface area (Å²) in [5, 5.41) is 10.9. The zero-order chi connectivity index (χ0) is 29.4. The van der Waals surface area contributed by atoms with Crippen molar-refractivity contribution in [2.24, 2.45) is 11.8 Å². The number of hydrogen-bond donors (Lipinski definition) is 1. The van der Waals surface area contributed by atoms with Gasteiger partial charge >= 0.3 is 6.09 Å². The molecule has 1 aliphatic heterocycles. The maximum Gasteiger partial charge on any atom is 0.410 e. The molecule has 3 atom stereocenters. The number of rotatable bonds is 12. The summed E-state index contributed by atoms with van der Waals surface area (Å²) in [7, 11) is 3.23. The van der Waals surface area contributed by atoms with Crippen LogP contribution < -0.4 is 0 Å². The monoisotopic (exact) mass is 560 g/mol. The molecule has 0 aliphatic carbocycles. The lowest BCUT2D eigenvalue weighted by Crippen LogP contribution is -2.57. The fraction of sp³-hybridized carbons (Fsp3) is 0.700. The average Bonchev–Trinajstić information content (AvgIpc) is 3.26. The molecule has 1 saturated heterocycles. The molecule has 0 bridgehead atoms. The molecule has 3 rings (SSSR count). The minimum absolute atomic E-state index is 0.148. The van der Waals surface area contributed by atoms with Crippen LogP contribution in [0.5, 0.6) is 0 Å². The molecule has 0 saturated carbocycles. The second kappa shape index (κ2) is 14.3. The highest BCUT2D eigenvalue weighted by Crippen LogP contribution is 2.28. The van der Waals surface area contributed by atoms with Gasteiger partial charge in [-0.2, -0.15) is 0 Å². The van der Waals surface area contributed by atoms with Crippen molar-refractivity contribution in [3.63, 3.8) is 0 Å². The van der Waals surface area contributed by atoms with Crippen LogP contribution >= 0.6 is 0 Å². The first-order valence-corrected chi connectivity index (χ1v) is 14.3. The molecule has 2 aromatic rings. The molecule has 1 unspecified atom stereocenters. The van der Waals surface area contributed by atoms with Gasteiger partial charge in [0.05, 0.1) is 29.8 Å². The number of likely N-dealkylation sites (tertiary alicyclic amines) is 1. The Balaban J connectivity index is 1.98. The number of aromatic nitrogens is 2. The van der Waals surface area contributed by atoms with Crippen molar-refractivity contribution >= 4 is 23.0 Å². The Bertz CT molecular complexity index is 1110. The van der Waals surface area contributed by atoms with E-state index in [4.69, 9.17) is 19.2 Å². The van der Waals surface area contributed by atoms with Crippen LogP contribution in [0.4, 0.5) is 4.79 Å². The van der Waals surface area contributed by atoms with Crippen molar-refractivity contribution in [3.8, 4) is 0 Å². The Hall–Kier alpha value is -2.69. The lowest BCUT2D eigenvalue weighted by atomic mass is 9.88. The zero-order valence-corrected chi connectivity index (χ0v) is 25.3. The SMILES string of the molecule is COCCCCn1c(C(=O)N(CC(C)C)[C@H]2C[C@@H](C(O)COC)CN(C(=O)OC(C)(C)C)C2)nc2ccccc21. The molecule has 2 amide bonds. The van der Waals surface area contributed by atoms with Gasteiger partial charge in [-0.1, -0.05) is 26.0 Å². The van der Waals surface area contributed by atoms with Crippen LogP contribution in [-0.2, 0) is 20.8 Å². The molecule has 0 spiro atoms. The third kappa shape index (κ3) is 8.41. The van der Waals surface area contributed by atoms with Crippen LogP contribution in [0.2, 0.25) is 0 Å². The van der Waals surface area contributed by atoms with Crippen molar-refractivity contribution in [3.05, 3.63) is 30.1 Å². The number of para-hydroxylation sites is 2. The Kier molecular flexibility index (Phi) is 11.4. The number of benzene rings is 1. The summed E-state index contributed by atoms with van der Waals surface area (Å²) in [4.78, 5) is 35.8. The number of methoxy groups -OCH3 is 2. The van der Waals surface area contributed by atoms with Gasteiger partial charge in [0.25, 0.3) is 5.91 Å². The first-order chi connectivity index (χ1) is 18.9. The molecule has 40 heavy (non-hydrogen) atoms. The molecule has 2 heterocycles. The maximum atomic E-state index is 14.4. The second-order valence-electron chi connectivity index (χ2n) is 12.2. The highest BCUT2D eigenvalue weighted by Gasteiger charge is 2.40. The minimum Gasteiger partial charge on any atom is -0.444 e. The number of carbonyl (C=O) groups excluding carboxylic acids is 2. The summed E-state index contributed by atoms with van der Waals surface area (Å²) in [6.07, 6.45) is 1.03. The van der Waals surface area contributed by atoms with E-state index in [0.29, 0.717) is 45.0 Å². The quantitative estimate of drug-likeness (QED) is 0.388. The number of fused-ring (bicyclic) bond motifs is 1. The fourth-order valence-electron chi connectivity index (χ4n) is 5.30. The van der Waals surface area contributed by atoms with Gasteiger partial charge in [-0.15, -0.1) is 0 Å². The van der Waals surface area contributed by atoms with Gasteiger partial charge < -0.3 is 33.7 Å². The van der Waals surface area contributed by atoms with E-state index in [2.05, 4.69) is 13.8 Å². The summed E-state index contributed by atoms with van der Waals surface area (Å²) in [6, 6.07) is 7.47. The van der Waals surface area contributed by atoms with Crippen molar-refractivity contribution in [1.29, 1.82) is 0 Å². The molecule has 10 heteroatoms. The van der Waals surface area contributed by atoms with E-state index in [1.807, 2.05) is 54.5 Å². The molecule has 1 aromatic carbocycles. The van der Waals surface area contributed by atoms with Crippen LogP contribution in [0.25, 0.3) is 11.0 Å². The first-order valence-electron chi connectivity index (χ1n) is 14.3. The van der Waals surface area contributed by atoms with Gasteiger partial charge in [0.1, 0.15) is 5.60 Å². The second-order valence-corrected chi connectivity index (χ2v) is 12.2. The lowest BCUT2D eigenvalue weighted by Gasteiger charge is -2.44. The van der Waals surface area contributed by atoms with E-state index < -0.39 is 17.8 Å². The van der Waals surface area contributed by atoms with Gasteiger partial charge in [-0.05, 0) is 58.1 Å². The summed E-state index contributed by atoms with van der Waals surface area (Å²) in [5.74, 6) is 0.125. The fourth-order valence-corrected chi connectivity index (χ4v) is 5.30. The number of aliphatic hydroxyl groups excluding tert-OH is 1. The van der Waals surface area contributed by atoms with Crippen molar-refractivity contribution in [2.45, 2.75) is 78.2 Å². The van der Waals surface area contributed by atoms with Crippen molar-refractivity contribution in [1.82, 2.24) is 19.4 Å². The molecule has 1 N–H and O–H groups in total. The van der Waals surface area contributed by atoms with Crippen molar-refractivity contribution in [2.75, 3.05) is 47.1 Å². The van der Waals surface area contributed by atoms with Gasteiger partial charge in [-0.25, -0.2) is 9.78 Å². The topological polar surface area (TPSA) is 106 Å². The molecule has 1 aliphatic rings.